The molecule has 6 aromatic carbocycles. The maximum Gasteiger partial charge on any atom is 0.222 e. The van der Waals surface area contributed by atoms with Gasteiger partial charge in [0.1, 0.15) is 40.7 Å². The number of rotatable bonds is 21. The van der Waals surface area contributed by atoms with Gasteiger partial charge in [0, 0.05) is 156 Å². The summed E-state index contributed by atoms with van der Waals surface area (Å²) >= 11 is 5.85. The van der Waals surface area contributed by atoms with Crippen molar-refractivity contribution < 1.29 is 13.9 Å². The second kappa shape index (κ2) is 46.7. The van der Waals surface area contributed by atoms with Crippen molar-refractivity contribution in [3.8, 4) is 108 Å². The first-order valence-electron chi connectivity index (χ1n) is 39.3. The monoisotopic (exact) mass is 1720 g/mol. The van der Waals surface area contributed by atoms with Crippen molar-refractivity contribution in [1.82, 2.24) is 84.7 Å². The first-order chi connectivity index (χ1) is 61.6. The Balaban J connectivity index is 0.000000155. The molecule has 0 aliphatic heterocycles. The number of nitrogens with one attached hydrogen (secondary N) is 5. The normalized spacial score (nSPS) is 10.2. The van der Waals surface area contributed by atoms with Crippen LogP contribution in [0.25, 0.3) is 101 Å². The van der Waals surface area contributed by atoms with Crippen LogP contribution in [0.5, 0.6) is 11.6 Å². The first-order valence-corrected chi connectivity index (χ1v) is 39.7. The van der Waals surface area contributed by atoms with Crippen molar-refractivity contribution in [1.29, 1.82) is 5.26 Å². The fourth-order valence-corrected chi connectivity index (χ4v) is 11.9. The number of halogens is 2. The van der Waals surface area contributed by atoms with Crippen LogP contribution >= 0.6 is 11.6 Å². The Kier molecular flexibility index (Phi) is 33.9. The van der Waals surface area contributed by atoms with Crippen LogP contribution < -0.4 is 76.2 Å². The van der Waals surface area contributed by atoms with Gasteiger partial charge in [-0.2, -0.15) is 30.2 Å². The van der Waals surface area contributed by atoms with Crippen LogP contribution in [-0.2, 0) is 12.8 Å². The van der Waals surface area contributed by atoms with E-state index >= 15 is 0 Å². The molecule has 0 atom stereocenters. The SMILES string of the molecule is C=CCNc1cc(-c2ccc(Cl)cc2)nc(N)n1.C=CCNc1cc(-c2ccc(OC)cc2)nc(N)n1.CCc1cc(-c2ccc(OC)nc2)nc(N)n1.CCc1cc(-c2ccncc2)nc(N)n1.CNc1cc(-c2ccc(-c3ccccc3)cc2F)nc(N)n1.CNc1cc(-c2ccc(C#N)cc2)nc(N)n1.CNc1cc(-c2cccc3ncccc23)nc(N)n1. The van der Waals surface area contributed by atoms with E-state index in [4.69, 9.17) is 66.5 Å². The quantitative estimate of drug-likeness (QED) is 0.0297. The van der Waals surface area contributed by atoms with Crippen molar-refractivity contribution >= 4 is 93.2 Å². The van der Waals surface area contributed by atoms with Gasteiger partial charge in [0.15, 0.2) is 0 Å². The average molecular weight is 1720 g/mol. The lowest BCUT2D eigenvalue weighted by molar-refractivity contribution is 0.398. The lowest BCUT2D eigenvalue weighted by atomic mass is 10.0. The highest BCUT2D eigenvalue weighted by Gasteiger charge is 2.15. The Morgan fingerprint density at radius 1 is 0.394 bits per heavy atom. The number of fused-ring (bicyclic) bond motifs is 1. The van der Waals surface area contributed by atoms with E-state index in [9.17, 15) is 4.39 Å². The van der Waals surface area contributed by atoms with Gasteiger partial charge in [0.05, 0.1) is 71.2 Å². The second-order valence-corrected chi connectivity index (χ2v) is 27.1. The number of ether oxygens (including phenoxy) is 2. The van der Waals surface area contributed by atoms with Gasteiger partial charge in [0.25, 0.3) is 0 Å². The summed E-state index contributed by atoms with van der Waals surface area (Å²) in [6.45, 7) is 12.6. The molecule has 0 aliphatic carbocycles. The fraction of sp³-hybridized carbons (Fsp3) is 0.118. The molecule has 10 heterocycles. The van der Waals surface area contributed by atoms with E-state index in [2.05, 4.69) is 131 Å². The number of hydrogen-bond donors (Lipinski definition) is 12. The molecule has 16 aromatic rings. The molecule has 0 unspecified atom stereocenters. The highest BCUT2D eigenvalue weighted by molar-refractivity contribution is 6.30. The molecule has 127 heavy (non-hydrogen) atoms. The van der Waals surface area contributed by atoms with Gasteiger partial charge < -0.3 is 76.2 Å². The van der Waals surface area contributed by atoms with Gasteiger partial charge in [-0.3, -0.25) is 9.97 Å². The van der Waals surface area contributed by atoms with Crippen LogP contribution in [0.4, 0.5) is 75.1 Å². The highest BCUT2D eigenvalue weighted by Crippen LogP contribution is 2.32. The van der Waals surface area contributed by atoms with Gasteiger partial charge in [-0.05, 0) is 127 Å². The molecule has 0 bridgehead atoms. The van der Waals surface area contributed by atoms with E-state index in [0.717, 1.165) is 120 Å². The number of nitrogen functional groups attached to an aromatic ring is 7. The summed E-state index contributed by atoms with van der Waals surface area (Å²) in [6, 6.07) is 69.2. The van der Waals surface area contributed by atoms with Crippen molar-refractivity contribution in [3.05, 3.63) is 296 Å². The number of hydrogen-bond acceptors (Lipinski definition) is 32. The number of aryl methyl sites for hydroxylation is 2. The zero-order valence-electron chi connectivity index (χ0n) is 70.7. The molecule has 0 saturated carbocycles. The Morgan fingerprint density at radius 3 is 1.28 bits per heavy atom. The number of nitriles is 1. The van der Waals surface area contributed by atoms with Crippen LogP contribution in [0, 0.1) is 17.1 Å². The van der Waals surface area contributed by atoms with Gasteiger partial charge in [-0.15, -0.1) is 13.2 Å². The molecule has 32 nitrogen and oxygen atoms in total. The third kappa shape index (κ3) is 27.5. The predicted molar refractivity (Wildman–Crippen MR) is 507 cm³/mol. The van der Waals surface area contributed by atoms with Crippen LogP contribution in [0.15, 0.2) is 268 Å². The predicted octanol–water partition coefficient (Wildman–Crippen LogP) is 16.2. The van der Waals surface area contributed by atoms with E-state index < -0.39 is 0 Å². The zero-order valence-corrected chi connectivity index (χ0v) is 71.4. The summed E-state index contributed by atoms with van der Waals surface area (Å²) in [4.78, 5) is 70.4. The van der Waals surface area contributed by atoms with Crippen LogP contribution in [-0.4, -0.2) is 133 Å². The topological polar surface area (TPSA) is 504 Å². The molecule has 10 aromatic heterocycles. The molecule has 19 N–H and O–H groups in total. The lowest BCUT2D eigenvalue weighted by Crippen LogP contribution is -2.04. The number of pyridine rings is 3. The molecule has 0 saturated heterocycles. The Hall–Kier alpha value is -17.0. The van der Waals surface area contributed by atoms with Gasteiger partial charge in [-0.1, -0.05) is 116 Å². The molecule has 0 fully saturated rings. The summed E-state index contributed by atoms with van der Waals surface area (Å²) in [5.41, 5.74) is 56.1. The molecule has 16 rings (SSSR count). The number of benzene rings is 6. The molecule has 0 radical (unpaired) electrons. The third-order valence-corrected chi connectivity index (χ3v) is 18.2. The standard InChI is InChI=1S/C17H15FN4.C14H13N5.C14H16N4O.C13H13ClN4.C12H11N5.C12H14N4O.C11H12N4/c1-20-16-10-15(21-17(19)22-16)13-8-7-12(9-14(13)18)11-5-3-2-4-6-11;1-16-13-8-12(18-14(15)19-13)10-4-2-6-11-9(10)5-3-7-17-11;1-3-8-16-13-9-12(17-14(15)18-13)10-4-6-11(19-2)7-5-10;1-2-7-16-12-8-11(17-13(15)18-12)9-3-5-10(14)6-4-9;1-15-11-6-10(16-12(14)17-11)9-4-2-8(7-13)3-5-9;1-3-9-6-10(16-12(13)15-9)8-4-5-11(17-2)14-7-8;1-2-9-7-10(15-11(12)14-9)8-3-5-13-6-4-8/h2-10H,1H3,(H3,19,20,21,22);2-8H,1H3,(H3,15,16,18,19);3-7,9H,1,8H2,2H3,(H3,15,16,17,18);2-6,8H,1,7H2,(H3,15,16,17,18);2-6H,1H3,(H3,14,15,16,17);4-7H,3H2,1-2H3,(H2,13,15,16);3-7H,2H2,1H3,(H2,12,14,15). The number of methoxy groups -OCH3 is 2. The van der Waals surface area contributed by atoms with E-state index in [1.54, 1.807) is 109 Å². The molecular weight excluding hydrogens is 1620 g/mol. The summed E-state index contributed by atoms with van der Waals surface area (Å²) in [5, 5.41) is 25.4. The van der Waals surface area contributed by atoms with Crippen LogP contribution in [0.2, 0.25) is 5.02 Å². The van der Waals surface area contributed by atoms with Crippen LogP contribution in [0.1, 0.15) is 30.8 Å². The Labute approximate surface area is 738 Å². The number of nitrogens with two attached hydrogens (primary N) is 7. The zero-order chi connectivity index (χ0) is 90.6. The fourth-order valence-electron chi connectivity index (χ4n) is 11.8. The van der Waals surface area contributed by atoms with E-state index in [0.29, 0.717) is 75.9 Å². The van der Waals surface area contributed by atoms with E-state index in [1.807, 2.05) is 190 Å². The maximum absolute atomic E-state index is 14.5. The van der Waals surface area contributed by atoms with E-state index in [-0.39, 0.29) is 41.5 Å². The molecule has 34 heteroatoms. The average Bonchev–Trinajstić information content (AvgIpc) is 0.804. The molecule has 0 spiro atoms. The largest absolute Gasteiger partial charge is 0.497 e. The smallest absolute Gasteiger partial charge is 0.222 e. The third-order valence-electron chi connectivity index (χ3n) is 18.0. The molecule has 0 amide bonds. The van der Waals surface area contributed by atoms with Gasteiger partial charge >= 0.3 is 0 Å². The van der Waals surface area contributed by atoms with Gasteiger partial charge in [-0.25, -0.2) is 54.2 Å². The minimum Gasteiger partial charge on any atom is -0.497 e. The van der Waals surface area contributed by atoms with Gasteiger partial charge in [0.2, 0.25) is 47.5 Å². The van der Waals surface area contributed by atoms with Crippen molar-refractivity contribution in [2.45, 2.75) is 26.7 Å². The minimum atomic E-state index is -0.346. The lowest BCUT2D eigenvalue weighted by Gasteiger charge is -2.08. The second-order valence-electron chi connectivity index (χ2n) is 26.7. The summed E-state index contributed by atoms with van der Waals surface area (Å²) in [6.07, 6.45) is 12.1. The maximum atomic E-state index is 14.5. The van der Waals surface area contributed by atoms with Crippen LogP contribution in [0.3, 0.4) is 0 Å². The summed E-state index contributed by atoms with van der Waals surface area (Å²) in [5.74, 6) is 5.95. The van der Waals surface area contributed by atoms with E-state index in [1.165, 1.54) is 6.07 Å². The Bertz CT molecular complexity index is 6340. The molecular formula is C93H94ClFN30O2. The molecule has 642 valence electrons. The summed E-state index contributed by atoms with van der Waals surface area (Å²) in [7, 11) is 8.51. The number of aromatic nitrogens is 17. The van der Waals surface area contributed by atoms with Crippen molar-refractivity contribution in [2.75, 3.05) is 115 Å². The van der Waals surface area contributed by atoms with Crippen molar-refractivity contribution in [3.63, 3.8) is 0 Å². The Morgan fingerprint density at radius 2 is 0.819 bits per heavy atom. The number of anilines is 12. The number of nitrogens with zero attached hydrogens (tertiary/aromatic N) is 18. The minimum absolute atomic E-state index is 0.105. The van der Waals surface area contributed by atoms with Crippen molar-refractivity contribution in [2.24, 2.45) is 0 Å². The summed E-state index contributed by atoms with van der Waals surface area (Å²) < 4.78 is 24.6. The molecule has 0 aliphatic rings. The first kappa shape index (κ1) is 92.3. The highest BCUT2D eigenvalue weighted by atomic mass is 35.5.